The minimum Gasteiger partial charge on any atom is -0.459 e. The smallest absolute Gasteiger partial charge is 0.325 e. The molecular weight excluding hydrogens is 306 g/mol. The second kappa shape index (κ2) is 7.24. The van der Waals surface area contributed by atoms with E-state index < -0.39 is 29.1 Å². The summed E-state index contributed by atoms with van der Waals surface area (Å²) in [4.78, 5) is 27.1. The predicted octanol–water partition coefficient (Wildman–Crippen LogP) is 3.52. The first-order chi connectivity index (χ1) is 10.8. The summed E-state index contributed by atoms with van der Waals surface area (Å²) in [5, 5.41) is 0. The van der Waals surface area contributed by atoms with Crippen LogP contribution in [0.3, 0.4) is 0 Å². The fourth-order valence-electron chi connectivity index (χ4n) is 2.05. The first-order valence-electron chi connectivity index (χ1n) is 8.03. The van der Waals surface area contributed by atoms with Crippen LogP contribution in [0.4, 0.5) is 5.69 Å². The second-order valence-corrected chi connectivity index (χ2v) is 7.99. The summed E-state index contributed by atoms with van der Waals surface area (Å²) in [6.45, 7) is 10.6. The lowest BCUT2D eigenvalue weighted by atomic mass is 9.98. The van der Waals surface area contributed by atoms with E-state index in [-0.39, 0.29) is 0 Å². The van der Waals surface area contributed by atoms with E-state index in [1.165, 1.54) is 0 Å². The average molecular weight is 335 g/mol. The molecule has 0 atom stereocenters. The van der Waals surface area contributed by atoms with Gasteiger partial charge >= 0.3 is 11.9 Å². The molecule has 0 saturated carbocycles. The maximum absolute atomic E-state index is 12.6. The summed E-state index contributed by atoms with van der Waals surface area (Å²) in [6.07, 6.45) is 0. The minimum atomic E-state index is -1.10. The number of benzene rings is 1. The van der Waals surface area contributed by atoms with E-state index in [1.807, 2.05) is 31.1 Å². The fraction of sp³-hybridized carbons (Fsp3) is 0.579. The summed E-state index contributed by atoms with van der Waals surface area (Å²) in [6, 6.07) is 7.23. The van der Waals surface area contributed by atoms with Crippen molar-refractivity contribution in [3.8, 4) is 0 Å². The van der Waals surface area contributed by atoms with Gasteiger partial charge in [-0.1, -0.05) is 12.1 Å². The van der Waals surface area contributed by atoms with Crippen LogP contribution in [0.2, 0.25) is 0 Å². The zero-order valence-electron chi connectivity index (χ0n) is 16.0. The summed E-state index contributed by atoms with van der Waals surface area (Å²) in [5.74, 6) is -2.30. The molecule has 0 aromatic heterocycles. The highest BCUT2D eigenvalue weighted by atomic mass is 16.6. The van der Waals surface area contributed by atoms with Gasteiger partial charge in [0, 0.05) is 19.8 Å². The maximum atomic E-state index is 12.6. The molecule has 5 nitrogen and oxygen atoms in total. The number of hydrogen-bond acceptors (Lipinski definition) is 5. The summed E-state index contributed by atoms with van der Waals surface area (Å²) >= 11 is 0. The molecule has 0 fully saturated rings. The van der Waals surface area contributed by atoms with Crippen LogP contribution in [0.25, 0.3) is 0 Å². The number of nitrogens with zero attached hydrogens (tertiary/aromatic N) is 1. The number of carbonyl (C=O) groups is 2. The van der Waals surface area contributed by atoms with Gasteiger partial charge in [-0.05, 0) is 59.2 Å². The molecule has 0 N–H and O–H groups in total. The molecule has 1 rings (SSSR count). The Bertz CT molecular complexity index is 549. The van der Waals surface area contributed by atoms with Crippen molar-refractivity contribution in [2.45, 2.75) is 58.7 Å². The molecule has 5 heteroatoms. The third kappa shape index (κ3) is 6.22. The topological polar surface area (TPSA) is 55.8 Å². The highest BCUT2D eigenvalue weighted by Crippen LogP contribution is 2.26. The summed E-state index contributed by atoms with van der Waals surface area (Å²) in [7, 11) is 3.85. The van der Waals surface area contributed by atoms with Crippen molar-refractivity contribution >= 4 is 17.6 Å². The molecule has 134 valence electrons. The van der Waals surface area contributed by atoms with Crippen molar-refractivity contribution in [3.63, 3.8) is 0 Å². The molecule has 0 radical (unpaired) electrons. The molecule has 1 aromatic carbocycles. The molecule has 0 bridgehead atoms. The molecule has 0 aliphatic heterocycles. The lowest BCUT2D eigenvalue weighted by molar-refractivity contribution is -0.169. The van der Waals surface area contributed by atoms with Gasteiger partial charge in [0.25, 0.3) is 0 Å². The third-order valence-corrected chi connectivity index (χ3v) is 3.03. The third-order valence-electron chi connectivity index (χ3n) is 3.03. The Hall–Kier alpha value is -2.04. The van der Waals surface area contributed by atoms with Crippen molar-refractivity contribution in [2.75, 3.05) is 19.0 Å². The number of esters is 2. The molecule has 0 spiro atoms. The number of carbonyl (C=O) groups excluding carboxylic acids is 2. The molecule has 0 amide bonds. The van der Waals surface area contributed by atoms with Gasteiger partial charge in [-0.25, -0.2) is 0 Å². The molecule has 0 unspecified atom stereocenters. The quantitative estimate of drug-likeness (QED) is 0.622. The van der Waals surface area contributed by atoms with Crippen molar-refractivity contribution in [3.05, 3.63) is 29.8 Å². The Balaban J connectivity index is 3.17. The first-order valence-corrected chi connectivity index (χ1v) is 8.03. The van der Waals surface area contributed by atoms with E-state index >= 15 is 0 Å². The standard InChI is InChI=1S/C19H29NO4/c1-18(2,3)23-16(21)15(17(22)24-19(4,5)6)13-9-11-14(12-10-13)20(7)8/h9-12,15H,1-8H3. The van der Waals surface area contributed by atoms with E-state index in [1.54, 1.807) is 53.7 Å². The number of hydrogen-bond donors (Lipinski definition) is 0. The van der Waals surface area contributed by atoms with Crippen molar-refractivity contribution in [2.24, 2.45) is 0 Å². The van der Waals surface area contributed by atoms with Crippen LogP contribution in [0.15, 0.2) is 24.3 Å². The molecule has 0 saturated heterocycles. The van der Waals surface area contributed by atoms with E-state index in [0.717, 1.165) is 5.69 Å². The molecule has 0 aliphatic carbocycles. The van der Waals surface area contributed by atoms with Crippen molar-refractivity contribution < 1.29 is 19.1 Å². The van der Waals surface area contributed by atoms with Gasteiger partial charge in [0.15, 0.2) is 5.92 Å². The first kappa shape index (κ1) is 20.0. The highest BCUT2D eigenvalue weighted by Gasteiger charge is 2.36. The van der Waals surface area contributed by atoms with E-state index in [9.17, 15) is 9.59 Å². The van der Waals surface area contributed by atoms with Gasteiger partial charge in [-0.2, -0.15) is 0 Å². The normalized spacial score (nSPS) is 12.0. The van der Waals surface area contributed by atoms with E-state index in [0.29, 0.717) is 5.56 Å². The maximum Gasteiger partial charge on any atom is 0.325 e. The molecule has 24 heavy (non-hydrogen) atoms. The zero-order valence-corrected chi connectivity index (χ0v) is 16.0. The van der Waals surface area contributed by atoms with Gasteiger partial charge in [0.1, 0.15) is 11.2 Å². The highest BCUT2D eigenvalue weighted by molar-refractivity contribution is 6.01. The van der Waals surface area contributed by atoms with E-state index in [4.69, 9.17) is 9.47 Å². The van der Waals surface area contributed by atoms with Crippen LogP contribution in [0, 0.1) is 0 Å². The van der Waals surface area contributed by atoms with Crippen molar-refractivity contribution in [1.29, 1.82) is 0 Å². The van der Waals surface area contributed by atoms with Crippen LogP contribution in [-0.4, -0.2) is 37.2 Å². The van der Waals surface area contributed by atoms with Gasteiger partial charge in [0.2, 0.25) is 0 Å². The average Bonchev–Trinajstić information content (AvgIpc) is 2.34. The largest absolute Gasteiger partial charge is 0.459 e. The Morgan fingerprint density at radius 1 is 0.833 bits per heavy atom. The molecule has 1 aromatic rings. The van der Waals surface area contributed by atoms with Crippen molar-refractivity contribution in [1.82, 2.24) is 0 Å². The Labute approximate surface area is 144 Å². The Morgan fingerprint density at radius 2 is 1.21 bits per heavy atom. The van der Waals surface area contributed by atoms with Crippen LogP contribution in [0.5, 0.6) is 0 Å². The van der Waals surface area contributed by atoms with E-state index in [2.05, 4.69) is 0 Å². The molecule has 0 heterocycles. The zero-order chi connectivity index (χ0) is 18.7. The number of rotatable bonds is 4. The number of anilines is 1. The van der Waals surface area contributed by atoms with Crippen LogP contribution < -0.4 is 4.90 Å². The fourth-order valence-corrected chi connectivity index (χ4v) is 2.05. The monoisotopic (exact) mass is 335 g/mol. The second-order valence-electron chi connectivity index (χ2n) is 7.99. The predicted molar refractivity (Wildman–Crippen MR) is 95.2 cm³/mol. The Morgan fingerprint density at radius 3 is 1.50 bits per heavy atom. The summed E-state index contributed by atoms with van der Waals surface area (Å²) in [5.41, 5.74) is 0.178. The van der Waals surface area contributed by atoms with Crippen LogP contribution in [0.1, 0.15) is 53.0 Å². The molecular formula is C19H29NO4. The minimum absolute atomic E-state index is 0.559. The van der Waals surface area contributed by atoms with Gasteiger partial charge in [-0.15, -0.1) is 0 Å². The lowest BCUT2D eigenvalue weighted by Gasteiger charge is -2.26. The van der Waals surface area contributed by atoms with Gasteiger partial charge < -0.3 is 14.4 Å². The Kier molecular flexibility index (Phi) is 6.04. The van der Waals surface area contributed by atoms with Gasteiger partial charge in [0.05, 0.1) is 0 Å². The number of ether oxygens (including phenoxy) is 2. The lowest BCUT2D eigenvalue weighted by Crippen LogP contribution is -2.35. The SMILES string of the molecule is CN(C)c1ccc(C(C(=O)OC(C)(C)C)C(=O)OC(C)(C)C)cc1. The van der Waals surface area contributed by atoms with Crippen LogP contribution >= 0.6 is 0 Å². The molecule has 0 aliphatic rings. The summed E-state index contributed by atoms with van der Waals surface area (Å²) < 4.78 is 10.8. The van der Waals surface area contributed by atoms with Crippen LogP contribution in [-0.2, 0) is 19.1 Å². The van der Waals surface area contributed by atoms with Gasteiger partial charge in [-0.3, -0.25) is 9.59 Å².